The standard InChI is InChI=1S/C12H19N3O2S/c1-16-11-3-6-13-12(14-11)15-7-4-10(5-8-15)9-17-18-2/h3,6,10H,4-5,7-9H2,1-2H3. The van der Waals surface area contributed by atoms with Gasteiger partial charge in [-0.25, -0.2) is 4.98 Å². The van der Waals surface area contributed by atoms with Crippen molar-refractivity contribution in [3.05, 3.63) is 12.3 Å². The van der Waals surface area contributed by atoms with Crippen LogP contribution in [0, 0.1) is 5.92 Å². The molecule has 18 heavy (non-hydrogen) atoms. The summed E-state index contributed by atoms with van der Waals surface area (Å²) in [6.07, 6.45) is 5.95. The maximum atomic E-state index is 5.40. The monoisotopic (exact) mass is 269 g/mol. The molecule has 0 radical (unpaired) electrons. The number of piperidine rings is 1. The molecule has 1 saturated heterocycles. The van der Waals surface area contributed by atoms with Crippen LogP contribution < -0.4 is 9.64 Å². The summed E-state index contributed by atoms with van der Waals surface area (Å²) in [5.74, 6) is 2.03. The van der Waals surface area contributed by atoms with Crippen LogP contribution in [0.1, 0.15) is 12.8 Å². The molecule has 5 nitrogen and oxygen atoms in total. The first kappa shape index (κ1) is 13.4. The molecule has 0 aliphatic carbocycles. The van der Waals surface area contributed by atoms with Crippen molar-refractivity contribution in [3.8, 4) is 5.88 Å². The van der Waals surface area contributed by atoms with E-state index in [1.54, 1.807) is 19.4 Å². The van der Waals surface area contributed by atoms with Crippen LogP contribution in [0.4, 0.5) is 5.95 Å². The van der Waals surface area contributed by atoms with Crippen LogP contribution in [0.3, 0.4) is 0 Å². The summed E-state index contributed by atoms with van der Waals surface area (Å²) in [6.45, 7) is 2.80. The molecule has 0 bridgehead atoms. The minimum atomic E-state index is 0.618. The molecule has 2 rings (SSSR count). The van der Waals surface area contributed by atoms with E-state index in [1.807, 2.05) is 6.26 Å². The summed E-state index contributed by atoms with van der Waals surface area (Å²) in [6, 6.07) is 1.77. The molecule has 0 amide bonds. The smallest absolute Gasteiger partial charge is 0.228 e. The van der Waals surface area contributed by atoms with E-state index in [0.29, 0.717) is 11.8 Å². The van der Waals surface area contributed by atoms with Crippen molar-refractivity contribution in [2.45, 2.75) is 12.8 Å². The Bertz CT molecular complexity index is 370. The van der Waals surface area contributed by atoms with Crippen LogP contribution in [-0.4, -0.2) is 43.0 Å². The first-order chi connectivity index (χ1) is 8.83. The summed E-state index contributed by atoms with van der Waals surface area (Å²) in [4.78, 5) is 10.9. The Morgan fingerprint density at radius 3 is 2.89 bits per heavy atom. The van der Waals surface area contributed by atoms with Gasteiger partial charge >= 0.3 is 0 Å². The van der Waals surface area contributed by atoms with Gasteiger partial charge in [-0.1, -0.05) is 0 Å². The van der Waals surface area contributed by atoms with Crippen molar-refractivity contribution in [2.75, 3.05) is 38.0 Å². The summed E-state index contributed by atoms with van der Waals surface area (Å²) in [7, 11) is 1.62. The largest absolute Gasteiger partial charge is 0.481 e. The number of hydrogen-bond donors (Lipinski definition) is 0. The fraction of sp³-hybridized carbons (Fsp3) is 0.667. The fourth-order valence-electron chi connectivity index (χ4n) is 2.06. The van der Waals surface area contributed by atoms with Gasteiger partial charge in [0.15, 0.2) is 0 Å². The maximum Gasteiger partial charge on any atom is 0.228 e. The third-order valence-corrected chi connectivity index (χ3v) is 3.52. The molecule has 0 unspecified atom stereocenters. The molecule has 1 aliphatic rings. The topological polar surface area (TPSA) is 47.5 Å². The number of nitrogens with zero attached hydrogens (tertiary/aromatic N) is 3. The van der Waals surface area contributed by atoms with Crippen LogP contribution in [-0.2, 0) is 4.18 Å². The van der Waals surface area contributed by atoms with E-state index < -0.39 is 0 Å². The second-order valence-corrected chi connectivity index (χ2v) is 4.85. The van der Waals surface area contributed by atoms with Crippen LogP contribution >= 0.6 is 12.0 Å². The Morgan fingerprint density at radius 2 is 2.22 bits per heavy atom. The van der Waals surface area contributed by atoms with Gasteiger partial charge in [0.25, 0.3) is 0 Å². The molecule has 6 heteroatoms. The van der Waals surface area contributed by atoms with Gasteiger partial charge in [0.1, 0.15) is 0 Å². The quantitative estimate of drug-likeness (QED) is 0.762. The number of anilines is 1. The number of hydrogen-bond acceptors (Lipinski definition) is 6. The van der Waals surface area contributed by atoms with Crippen molar-refractivity contribution in [1.82, 2.24) is 9.97 Å². The average Bonchev–Trinajstić information content (AvgIpc) is 2.46. The van der Waals surface area contributed by atoms with E-state index in [-0.39, 0.29) is 0 Å². The zero-order valence-electron chi connectivity index (χ0n) is 10.8. The Hall–Kier alpha value is -1.01. The Balaban J connectivity index is 1.88. The van der Waals surface area contributed by atoms with E-state index >= 15 is 0 Å². The first-order valence-corrected chi connectivity index (χ1v) is 7.26. The molecule has 0 aromatic carbocycles. The molecule has 1 fully saturated rings. The lowest BCUT2D eigenvalue weighted by Crippen LogP contribution is -2.36. The number of methoxy groups -OCH3 is 1. The highest BCUT2D eigenvalue weighted by atomic mass is 32.2. The van der Waals surface area contributed by atoms with Crippen LogP contribution in [0.2, 0.25) is 0 Å². The molecule has 1 aromatic heterocycles. The van der Waals surface area contributed by atoms with Crippen molar-refractivity contribution in [1.29, 1.82) is 0 Å². The summed E-state index contributed by atoms with van der Waals surface area (Å²) < 4.78 is 10.5. The van der Waals surface area contributed by atoms with Gasteiger partial charge in [-0.2, -0.15) is 4.98 Å². The molecule has 1 aromatic rings. The molecule has 0 atom stereocenters. The van der Waals surface area contributed by atoms with E-state index in [1.165, 1.54) is 12.0 Å². The predicted molar refractivity (Wildman–Crippen MR) is 73.0 cm³/mol. The molecule has 0 N–H and O–H groups in total. The van der Waals surface area contributed by atoms with Crippen LogP contribution in [0.25, 0.3) is 0 Å². The minimum Gasteiger partial charge on any atom is -0.481 e. The van der Waals surface area contributed by atoms with Crippen molar-refractivity contribution in [3.63, 3.8) is 0 Å². The van der Waals surface area contributed by atoms with Crippen molar-refractivity contribution < 1.29 is 8.92 Å². The van der Waals surface area contributed by atoms with Gasteiger partial charge in [-0.3, -0.25) is 0 Å². The Kier molecular flexibility index (Phi) is 5.07. The second kappa shape index (κ2) is 6.80. The maximum absolute atomic E-state index is 5.40. The molecule has 2 heterocycles. The van der Waals surface area contributed by atoms with Gasteiger partial charge in [-0.05, 0) is 30.8 Å². The van der Waals surface area contributed by atoms with Crippen LogP contribution in [0.5, 0.6) is 5.88 Å². The lowest BCUT2D eigenvalue weighted by molar-refractivity contribution is 0.253. The second-order valence-electron chi connectivity index (χ2n) is 4.28. The zero-order chi connectivity index (χ0) is 12.8. The number of rotatable bonds is 5. The van der Waals surface area contributed by atoms with E-state index in [4.69, 9.17) is 8.92 Å². The van der Waals surface area contributed by atoms with Crippen molar-refractivity contribution in [2.24, 2.45) is 5.92 Å². The summed E-state index contributed by atoms with van der Waals surface area (Å²) in [5.41, 5.74) is 0. The van der Waals surface area contributed by atoms with E-state index in [2.05, 4.69) is 14.9 Å². The number of ether oxygens (including phenoxy) is 1. The fourth-order valence-corrected chi connectivity index (χ4v) is 2.39. The third-order valence-electron chi connectivity index (χ3n) is 3.15. The first-order valence-electron chi connectivity index (χ1n) is 6.11. The molecule has 1 aliphatic heterocycles. The van der Waals surface area contributed by atoms with Gasteiger partial charge in [-0.15, -0.1) is 0 Å². The molecule has 0 spiro atoms. The zero-order valence-corrected chi connectivity index (χ0v) is 11.7. The molecular weight excluding hydrogens is 250 g/mol. The lowest BCUT2D eigenvalue weighted by atomic mass is 9.98. The van der Waals surface area contributed by atoms with E-state index in [0.717, 1.165) is 38.5 Å². The molecular formula is C12H19N3O2S. The van der Waals surface area contributed by atoms with Gasteiger partial charge in [0, 0.05) is 31.6 Å². The van der Waals surface area contributed by atoms with Gasteiger partial charge < -0.3 is 13.8 Å². The highest BCUT2D eigenvalue weighted by molar-refractivity contribution is 7.93. The Labute approximate surface area is 112 Å². The van der Waals surface area contributed by atoms with Crippen LogP contribution in [0.15, 0.2) is 12.3 Å². The highest BCUT2D eigenvalue weighted by Crippen LogP contribution is 2.22. The Morgan fingerprint density at radius 1 is 1.44 bits per heavy atom. The van der Waals surface area contributed by atoms with E-state index in [9.17, 15) is 0 Å². The van der Waals surface area contributed by atoms with Gasteiger partial charge in [0.2, 0.25) is 11.8 Å². The number of aromatic nitrogens is 2. The SMILES string of the molecule is COc1ccnc(N2CCC(COSC)CC2)n1. The minimum absolute atomic E-state index is 0.618. The van der Waals surface area contributed by atoms with Crippen molar-refractivity contribution >= 4 is 18.0 Å². The molecule has 0 saturated carbocycles. The summed E-state index contributed by atoms with van der Waals surface area (Å²) in [5, 5.41) is 0. The normalized spacial score (nSPS) is 16.9. The van der Waals surface area contributed by atoms with Gasteiger partial charge in [0.05, 0.1) is 13.7 Å². The lowest BCUT2D eigenvalue weighted by Gasteiger charge is -2.31. The summed E-state index contributed by atoms with van der Waals surface area (Å²) >= 11 is 1.44. The molecule has 100 valence electrons. The average molecular weight is 269 g/mol. The third kappa shape index (κ3) is 3.49. The highest BCUT2D eigenvalue weighted by Gasteiger charge is 2.21. The predicted octanol–water partition coefficient (Wildman–Crippen LogP) is 2.00.